The van der Waals surface area contributed by atoms with Crippen molar-refractivity contribution in [2.45, 2.75) is 206 Å². The fourth-order valence-corrected chi connectivity index (χ4v) is 10.3. The molecule has 3 rings (SSSR count). The average Bonchev–Trinajstić information content (AvgIpc) is 3.55. The van der Waals surface area contributed by atoms with Crippen LogP contribution in [0.5, 0.6) is 0 Å². The van der Waals surface area contributed by atoms with E-state index in [-0.39, 0.29) is 16.0 Å². The van der Waals surface area contributed by atoms with Gasteiger partial charge in [0.1, 0.15) is 6.04 Å². The van der Waals surface area contributed by atoms with Crippen molar-refractivity contribution in [2.24, 2.45) is 0 Å². The second-order valence-corrected chi connectivity index (χ2v) is 18.8. The van der Waals surface area contributed by atoms with E-state index in [9.17, 15) is 19.2 Å². The lowest BCUT2D eigenvalue weighted by Gasteiger charge is -2.26. The maximum atomic E-state index is 14.0. The van der Waals surface area contributed by atoms with Crippen molar-refractivity contribution in [3.05, 3.63) is 59.7 Å². The number of rotatable bonds is 33. The minimum Gasteiger partial charge on any atom is -0.453 e. The Morgan fingerprint density at radius 1 is 0.534 bits per heavy atom. The van der Waals surface area contributed by atoms with Crippen LogP contribution < -0.4 is 5.32 Å². The van der Waals surface area contributed by atoms with Gasteiger partial charge in [-0.2, -0.15) is 0 Å². The van der Waals surface area contributed by atoms with Crippen molar-refractivity contribution in [3.8, 4) is 11.1 Å². The van der Waals surface area contributed by atoms with Gasteiger partial charge in [-0.15, -0.1) is 10.9 Å². The number of alkyl carbamates (subject to hydrolysis) is 1. The van der Waals surface area contributed by atoms with Gasteiger partial charge in [-0.25, -0.2) is 9.59 Å². The molecule has 1 amide bonds. The number of benzene rings is 2. The molecule has 0 heterocycles. The Bertz CT molecular complexity index is 1370. The summed E-state index contributed by atoms with van der Waals surface area (Å²) in [7, 11) is -0.604. The third-order valence-electron chi connectivity index (χ3n) is 11.7. The number of amides is 1. The van der Waals surface area contributed by atoms with Crippen LogP contribution in [-0.4, -0.2) is 41.2 Å². The van der Waals surface area contributed by atoms with E-state index in [0.717, 1.165) is 60.8 Å². The minimum absolute atomic E-state index is 0.0756. The van der Waals surface area contributed by atoms with Gasteiger partial charge < -0.3 is 14.8 Å². The van der Waals surface area contributed by atoms with Gasteiger partial charge >= 0.3 is 12.1 Å². The van der Waals surface area contributed by atoms with Gasteiger partial charge in [0.25, 0.3) is 0 Å². The first-order valence-electron chi connectivity index (χ1n) is 23.5. The van der Waals surface area contributed by atoms with E-state index in [0.29, 0.717) is 12.8 Å². The first-order chi connectivity index (χ1) is 28.4. The molecule has 7 nitrogen and oxygen atoms in total. The Morgan fingerprint density at radius 2 is 0.879 bits per heavy atom. The topological polar surface area (TPSA) is 98.8 Å². The van der Waals surface area contributed by atoms with Crippen LogP contribution in [0, 0.1) is 0 Å². The second-order valence-electron chi connectivity index (χ2n) is 16.6. The van der Waals surface area contributed by atoms with Gasteiger partial charge in [0.15, 0.2) is 16.3 Å². The number of unbranched alkanes of at least 4 members (excludes halogenated alkanes) is 24. The highest BCUT2D eigenvalue weighted by Crippen LogP contribution is 2.45. The number of nitrogens with one attached hydrogen (secondary N) is 1. The summed E-state index contributed by atoms with van der Waals surface area (Å²) in [6.07, 6.45) is 30.7. The van der Waals surface area contributed by atoms with Crippen molar-refractivity contribution < 1.29 is 28.7 Å². The lowest BCUT2D eigenvalue weighted by atomic mass is 10.0. The van der Waals surface area contributed by atoms with Crippen LogP contribution in [0.25, 0.3) is 11.1 Å². The van der Waals surface area contributed by atoms with Crippen molar-refractivity contribution in [1.29, 1.82) is 0 Å². The van der Waals surface area contributed by atoms with Crippen LogP contribution in [0.1, 0.15) is 211 Å². The molecule has 0 fully saturated rings. The summed E-state index contributed by atoms with van der Waals surface area (Å²) in [6, 6.07) is 14.5. The second kappa shape index (κ2) is 30.8. The van der Waals surface area contributed by atoms with E-state index in [2.05, 4.69) is 19.2 Å². The zero-order valence-electron chi connectivity index (χ0n) is 36.7. The Hall–Kier alpha value is -3.13. The highest BCUT2D eigenvalue weighted by atomic mass is 32.2. The van der Waals surface area contributed by atoms with Gasteiger partial charge in [-0.3, -0.25) is 9.59 Å². The van der Waals surface area contributed by atoms with Crippen LogP contribution in [-0.2, 0) is 23.9 Å². The van der Waals surface area contributed by atoms with Crippen LogP contribution in [0.15, 0.2) is 48.5 Å². The largest absolute Gasteiger partial charge is 0.453 e. The summed E-state index contributed by atoms with van der Waals surface area (Å²) in [5.74, 6) is -0.745. The Balaban J connectivity index is 1.55. The molecule has 0 saturated heterocycles. The van der Waals surface area contributed by atoms with E-state index < -0.39 is 35.1 Å². The third-order valence-corrected chi connectivity index (χ3v) is 14.1. The van der Waals surface area contributed by atoms with Crippen LogP contribution in [0.4, 0.5) is 4.79 Å². The number of hydrogen-bond acceptors (Lipinski definition) is 6. The molecule has 1 aliphatic rings. The molecule has 58 heavy (non-hydrogen) atoms. The smallest absolute Gasteiger partial charge is 0.407 e. The Labute approximate surface area is 355 Å². The first-order valence-corrected chi connectivity index (χ1v) is 25.0. The van der Waals surface area contributed by atoms with Gasteiger partial charge in [0, 0.05) is 29.7 Å². The standard InChI is InChI=1S/C50H79NO6S/c1-4-6-8-10-12-14-16-18-20-22-24-26-28-38-46(52)58(47(53)39-29-27-25-23-21-19-17-15-13-11-9-7-5-2)40-45(51-50(55)56-3)49(54)57-48-43-36-32-30-34-41(43)42-35-31-33-37-44(42)48/h30-37,45,48,58H,4-29,38-40H2,1-3H3,(H,51,55)/t45-/m0/s1. The maximum absolute atomic E-state index is 14.0. The SMILES string of the molecule is CCCCCCCCCCCCCCCC(=O)[SH](C[C@H](NC(=O)OC)C(=O)OC1c2ccccc2-c2ccccc21)C(=O)CCCCCCCCCCCCCCC. The van der Waals surface area contributed by atoms with Crippen LogP contribution >= 0.6 is 10.9 Å². The molecule has 1 atom stereocenters. The van der Waals surface area contributed by atoms with E-state index in [1.165, 1.54) is 136 Å². The highest BCUT2D eigenvalue weighted by Gasteiger charge is 2.36. The number of fused-ring (bicyclic) bond motifs is 3. The minimum atomic E-state index is -1.84. The van der Waals surface area contributed by atoms with Crippen molar-refractivity contribution >= 4 is 33.2 Å². The number of carbonyl (C=O) groups excluding carboxylic acids is 4. The molecule has 0 aromatic heterocycles. The number of methoxy groups -OCH3 is 1. The van der Waals surface area contributed by atoms with E-state index in [1.54, 1.807) is 0 Å². The van der Waals surface area contributed by atoms with E-state index in [4.69, 9.17) is 9.47 Å². The summed E-state index contributed by atoms with van der Waals surface area (Å²) in [5, 5.41) is 2.47. The first kappa shape index (κ1) is 49.2. The van der Waals surface area contributed by atoms with Crippen LogP contribution in [0.3, 0.4) is 0 Å². The molecule has 0 bridgehead atoms. The molecule has 0 spiro atoms. The molecule has 0 saturated carbocycles. The summed E-state index contributed by atoms with van der Waals surface area (Å²) in [4.78, 5) is 54.4. The fraction of sp³-hybridized carbons (Fsp3) is 0.680. The molecule has 1 N–H and O–H groups in total. The maximum Gasteiger partial charge on any atom is 0.407 e. The third kappa shape index (κ3) is 18.8. The quantitative estimate of drug-likeness (QED) is 0.0423. The molecule has 2 aromatic carbocycles. The number of hydrogen-bond donors (Lipinski definition) is 2. The summed E-state index contributed by atoms with van der Waals surface area (Å²) in [5.41, 5.74) is 3.73. The number of ether oxygens (including phenoxy) is 2. The molecular formula is C50H79NO6S. The van der Waals surface area contributed by atoms with E-state index >= 15 is 0 Å². The molecule has 0 unspecified atom stereocenters. The van der Waals surface area contributed by atoms with Crippen molar-refractivity contribution in [1.82, 2.24) is 5.32 Å². The Kier molecular flexibility index (Phi) is 26.2. The van der Waals surface area contributed by atoms with Crippen LogP contribution in [0.2, 0.25) is 0 Å². The lowest BCUT2D eigenvalue weighted by Crippen LogP contribution is -2.45. The predicted octanol–water partition coefficient (Wildman–Crippen LogP) is 14.0. The van der Waals surface area contributed by atoms with Crippen molar-refractivity contribution in [3.63, 3.8) is 0 Å². The monoisotopic (exact) mass is 822 g/mol. The fourth-order valence-electron chi connectivity index (χ4n) is 8.20. The highest BCUT2D eigenvalue weighted by molar-refractivity contribution is 8.41. The molecule has 1 aliphatic carbocycles. The lowest BCUT2D eigenvalue weighted by molar-refractivity contribution is -0.149. The Morgan fingerprint density at radius 3 is 1.24 bits per heavy atom. The number of esters is 1. The molecule has 8 heteroatoms. The predicted molar refractivity (Wildman–Crippen MR) is 244 cm³/mol. The van der Waals surface area contributed by atoms with Gasteiger partial charge in [0.2, 0.25) is 0 Å². The molecule has 0 radical (unpaired) electrons. The zero-order chi connectivity index (χ0) is 41.6. The van der Waals surface area contributed by atoms with Gasteiger partial charge in [-0.05, 0) is 24.0 Å². The summed E-state index contributed by atoms with van der Waals surface area (Å²) >= 11 is 0. The van der Waals surface area contributed by atoms with Crippen molar-refractivity contribution in [2.75, 3.05) is 12.9 Å². The van der Waals surface area contributed by atoms with E-state index in [1.807, 2.05) is 48.5 Å². The summed E-state index contributed by atoms with van der Waals surface area (Å²) < 4.78 is 11.1. The summed E-state index contributed by atoms with van der Waals surface area (Å²) in [6.45, 7) is 4.51. The van der Waals surface area contributed by atoms with Gasteiger partial charge in [0.05, 0.1) is 7.11 Å². The normalized spacial score (nSPS) is 12.8. The average molecular weight is 822 g/mol. The molecule has 0 aliphatic heterocycles. The van der Waals surface area contributed by atoms with Gasteiger partial charge in [-0.1, -0.05) is 216 Å². The number of thiol groups is 1. The molecule has 2 aromatic rings. The molecular weight excluding hydrogens is 743 g/mol. The molecule has 326 valence electrons. The zero-order valence-corrected chi connectivity index (χ0v) is 37.6. The number of carbonyl (C=O) groups is 4.